The minimum absolute atomic E-state index is 0.104. The van der Waals surface area contributed by atoms with Crippen LogP contribution >= 0.6 is 0 Å². The summed E-state index contributed by atoms with van der Waals surface area (Å²) in [5.41, 5.74) is 5.66. The Balaban J connectivity index is 1.93. The maximum atomic E-state index is 11.7. The van der Waals surface area contributed by atoms with E-state index in [0.717, 1.165) is 6.54 Å². The van der Waals surface area contributed by atoms with E-state index in [4.69, 9.17) is 10.5 Å². The lowest BCUT2D eigenvalue weighted by Gasteiger charge is -2.36. The lowest BCUT2D eigenvalue weighted by atomic mass is 10.1. The third-order valence-corrected chi connectivity index (χ3v) is 3.50. The standard InChI is InChI=1S/C11H20N2O2/c12-5-10-7-15-8-11(14)13(10)6-9-3-1-2-4-9/h9-10H,1-8,12H2. The molecule has 2 fully saturated rings. The molecule has 15 heavy (non-hydrogen) atoms. The van der Waals surface area contributed by atoms with Crippen molar-refractivity contribution in [3.05, 3.63) is 0 Å². The number of carbonyl (C=O) groups excluding carboxylic acids is 1. The van der Waals surface area contributed by atoms with Crippen molar-refractivity contribution < 1.29 is 9.53 Å². The van der Waals surface area contributed by atoms with Crippen LogP contribution < -0.4 is 5.73 Å². The molecule has 2 aliphatic rings. The summed E-state index contributed by atoms with van der Waals surface area (Å²) in [5.74, 6) is 0.810. The van der Waals surface area contributed by atoms with E-state index in [2.05, 4.69) is 0 Å². The van der Waals surface area contributed by atoms with Crippen molar-refractivity contribution in [1.29, 1.82) is 0 Å². The summed E-state index contributed by atoms with van der Waals surface area (Å²) >= 11 is 0. The highest BCUT2D eigenvalue weighted by Gasteiger charge is 2.30. The molecule has 0 spiro atoms. The molecule has 1 saturated heterocycles. The van der Waals surface area contributed by atoms with Crippen LogP contribution in [0.15, 0.2) is 0 Å². The first-order chi connectivity index (χ1) is 7.31. The zero-order valence-electron chi connectivity index (χ0n) is 9.15. The lowest BCUT2D eigenvalue weighted by molar-refractivity contribution is -0.148. The van der Waals surface area contributed by atoms with Gasteiger partial charge in [-0.2, -0.15) is 0 Å². The van der Waals surface area contributed by atoms with Crippen molar-refractivity contribution in [3.8, 4) is 0 Å². The predicted molar refractivity (Wildman–Crippen MR) is 57.3 cm³/mol. The van der Waals surface area contributed by atoms with Crippen LogP contribution in [0, 0.1) is 5.92 Å². The molecule has 1 aliphatic carbocycles. The second-order valence-electron chi connectivity index (χ2n) is 4.60. The molecule has 1 aliphatic heterocycles. The Morgan fingerprint density at radius 3 is 2.80 bits per heavy atom. The number of rotatable bonds is 3. The van der Waals surface area contributed by atoms with Gasteiger partial charge in [0.1, 0.15) is 6.61 Å². The van der Waals surface area contributed by atoms with Crippen LogP contribution in [-0.4, -0.2) is 43.2 Å². The molecule has 4 nitrogen and oxygen atoms in total. The fourth-order valence-corrected chi connectivity index (χ4v) is 2.58. The fraction of sp³-hybridized carbons (Fsp3) is 0.909. The third kappa shape index (κ3) is 2.49. The minimum Gasteiger partial charge on any atom is -0.369 e. The van der Waals surface area contributed by atoms with Gasteiger partial charge in [-0.15, -0.1) is 0 Å². The number of ether oxygens (including phenoxy) is 1. The molecule has 1 heterocycles. The maximum Gasteiger partial charge on any atom is 0.248 e. The summed E-state index contributed by atoms with van der Waals surface area (Å²) in [7, 11) is 0. The number of hydrogen-bond donors (Lipinski definition) is 1. The molecule has 0 aromatic carbocycles. The van der Waals surface area contributed by atoms with E-state index in [0.29, 0.717) is 19.1 Å². The van der Waals surface area contributed by atoms with Gasteiger partial charge in [0.2, 0.25) is 5.91 Å². The minimum atomic E-state index is 0.104. The molecule has 2 N–H and O–H groups in total. The number of nitrogens with two attached hydrogens (primary N) is 1. The van der Waals surface area contributed by atoms with Gasteiger partial charge in [0.05, 0.1) is 12.6 Å². The maximum absolute atomic E-state index is 11.7. The van der Waals surface area contributed by atoms with Gasteiger partial charge in [-0.25, -0.2) is 0 Å². The average molecular weight is 212 g/mol. The van der Waals surface area contributed by atoms with Gasteiger partial charge in [-0.3, -0.25) is 4.79 Å². The van der Waals surface area contributed by atoms with E-state index in [-0.39, 0.29) is 18.6 Å². The molecule has 0 aromatic rings. The summed E-state index contributed by atoms with van der Waals surface area (Å²) in [6, 6.07) is 0.104. The van der Waals surface area contributed by atoms with Crippen molar-refractivity contribution in [3.63, 3.8) is 0 Å². The molecule has 86 valence electrons. The summed E-state index contributed by atoms with van der Waals surface area (Å²) in [6.45, 7) is 2.25. The number of carbonyl (C=O) groups is 1. The molecule has 4 heteroatoms. The average Bonchev–Trinajstić information content (AvgIpc) is 2.74. The second-order valence-corrected chi connectivity index (χ2v) is 4.60. The smallest absolute Gasteiger partial charge is 0.248 e. The van der Waals surface area contributed by atoms with Crippen LogP contribution in [0.2, 0.25) is 0 Å². The van der Waals surface area contributed by atoms with Crippen molar-refractivity contribution in [2.45, 2.75) is 31.7 Å². The van der Waals surface area contributed by atoms with Crippen LogP contribution in [0.1, 0.15) is 25.7 Å². The van der Waals surface area contributed by atoms with E-state index in [1.165, 1.54) is 25.7 Å². The summed E-state index contributed by atoms with van der Waals surface area (Å²) in [6.07, 6.45) is 5.16. The molecule has 1 amide bonds. The van der Waals surface area contributed by atoms with E-state index < -0.39 is 0 Å². The Labute approximate surface area is 90.8 Å². The van der Waals surface area contributed by atoms with E-state index in [9.17, 15) is 4.79 Å². The summed E-state index contributed by atoms with van der Waals surface area (Å²) in [5, 5.41) is 0. The lowest BCUT2D eigenvalue weighted by Crippen LogP contribution is -2.53. The highest BCUT2D eigenvalue weighted by molar-refractivity contribution is 5.78. The van der Waals surface area contributed by atoms with Gasteiger partial charge in [0.15, 0.2) is 0 Å². The van der Waals surface area contributed by atoms with Gasteiger partial charge in [-0.05, 0) is 18.8 Å². The Kier molecular flexibility index (Phi) is 3.59. The normalized spacial score (nSPS) is 28.7. The Morgan fingerprint density at radius 2 is 2.13 bits per heavy atom. The van der Waals surface area contributed by atoms with Crippen molar-refractivity contribution in [2.75, 3.05) is 26.3 Å². The zero-order valence-corrected chi connectivity index (χ0v) is 9.15. The molecule has 1 unspecified atom stereocenters. The Bertz CT molecular complexity index is 227. The first-order valence-electron chi connectivity index (χ1n) is 5.88. The van der Waals surface area contributed by atoms with Gasteiger partial charge in [-0.1, -0.05) is 12.8 Å². The van der Waals surface area contributed by atoms with Crippen LogP contribution in [0.25, 0.3) is 0 Å². The second kappa shape index (κ2) is 4.94. The van der Waals surface area contributed by atoms with Crippen molar-refractivity contribution >= 4 is 5.91 Å². The fourth-order valence-electron chi connectivity index (χ4n) is 2.58. The molecule has 0 radical (unpaired) electrons. The highest BCUT2D eigenvalue weighted by atomic mass is 16.5. The van der Waals surface area contributed by atoms with Crippen LogP contribution in [0.3, 0.4) is 0 Å². The summed E-state index contributed by atoms with van der Waals surface area (Å²) in [4.78, 5) is 13.6. The summed E-state index contributed by atoms with van der Waals surface area (Å²) < 4.78 is 5.21. The molecule has 0 aromatic heterocycles. The Morgan fingerprint density at radius 1 is 1.40 bits per heavy atom. The number of hydrogen-bond acceptors (Lipinski definition) is 3. The molecule has 1 atom stereocenters. The van der Waals surface area contributed by atoms with Gasteiger partial charge < -0.3 is 15.4 Å². The van der Waals surface area contributed by atoms with Crippen LogP contribution in [0.4, 0.5) is 0 Å². The predicted octanol–water partition coefficient (Wildman–Crippen LogP) is 0.363. The van der Waals surface area contributed by atoms with Crippen molar-refractivity contribution in [1.82, 2.24) is 4.90 Å². The van der Waals surface area contributed by atoms with Crippen LogP contribution in [-0.2, 0) is 9.53 Å². The monoisotopic (exact) mass is 212 g/mol. The largest absolute Gasteiger partial charge is 0.369 e. The first kappa shape index (κ1) is 10.9. The molecular formula is C11H20N2O2. The molecular weight excluding hydrogens is 192 g/mol. The first-order valence-corrected chi connectivity index (χ1v) is 5.88. The van der Waals surface area contributed by atoms with Gasteiger partial charge in [0.25, 0.3) is 0 Å². The Hall–Kier alpha value is -0.610. The third-order valence-electron chi connectivity index (χ3n) is 3.50. The molecule has 2 rings (SSSR count). The SMILES string of the molecule is NCC1COCC(=O)N1CC1CCCC1. The van der Waals surface area contributed by atoms with Crippen LogP contribution in [0.5, 0.6) is 0 Å². The molecule has 1 saturated carbocycles. The van der Waals surface area contributed by atoms with E-state index >= 15 is 0 Å². The number of morpholine rings is 1. The number of amides is 1. The zero-order chi connectivity index (χ0) is 10.7. The van der Waals surface area contributed by atoms with Gasteiger partial charge in [0, 0.05) is 13.1 Å². The molecule has 0 bridgehead atoms. The number of nitrogens with zero attached hydrogens (tertiary/aromatic N) is 1. The highest BCUT2D eigenvalue weighted by Crippen LogP contribution is 2.26. The van der Waals surface area contributed by atoms with E-state index in [1.807, 2.05) is 4.90 Å². The quantitative estimate of drug-likeness (QED) is 0.735. The van der Waals surface area contributed by atoms with E-state index in [1.54, 1.807) is 0 Å². The van der Waals surface area contributed by atoms with Crippen molar-refractivity contribution in [2.24, 2.45) is 11.7 Å². The van der Waals surface area contributed by atoms with Gasteiger partial charge >= 0.3 is 0 Å². The topological polar surface area (TPSA) is 55.6 Å².